The van der Waals surface area contributed by atoms with Gasteiger partial charge in [0.1, 0.15) is 5.82 Å². The Balaban J connectivity index is 2.17. The first kappa shape index (κ1) is 8.97. The first-order valence-electron chi connectivity index (χ1n) is 4.25. The highest BCUT2D eigenvalue weighted by Crippen LogP contribution is 2.38. The molecule has 13 heavy (non-hydrogen) atoms. The molecule has 1 aromatic rings. The van der Waals surface area contributed by atoms with Crippen LogP contribution in [0.3, 0.4) is 0 Å². The number of benzene rings is 1. The van der Waals surface area contributed by atoms with E-state index in [0.717, 1.165) is 18.4 Å². The highest BCUT2D eigenvalue weighted by Gasteiger charge is 2.40. The molecule has 70 valence electrons. The van der Waals surface area contributed by atoms with Crippen LogP contribution in [0.15, 0.2) is 18.2 Å². The van der Waals surface area contributed by atoms with Crippen molar-refractivity contribution in [1.82, 2.24) is 0 Å². The van der Waals surface area contributed by atoms with Crippen LogP contribution in [0.5, 0.6) is 0 Å². The molecule has 0 bridgehead atoms. The third-order valence-corrected chi connectivity index (χ3v) is 2.65. The van der Waals surface area contributed by atoms with Crippen LogP contribution in [0.4, 0.5) is 4.39 Å². The van der Waals surface area contributed by atoms with Crippen LogP contribution in [0.1, 0.15) is 18.4 Å². The minimum absolute atomic E-state index is 0.131. The molecule has 0 atom stereocenters. The standard InChI is InChI=1S/C10H10ClFO/c11-8-2-1-7(5-9(8)12)6-10(13)3-4-10/h1-2,5,13H,3-4,6H2. The van der Waals surface area contributed by atoms with Gasteiger partial charge in [0, 0.05) is 6.42 Å². The summed E-state index contributed by atoms with van der Waals surface area (Å²) in [4.78, 5) is 0. The average Bonchev–Trinajstić information content (AvgIpc) is 2.76. The van der Waals surface area contributed by atoms with Gasteiger partial charge in [-0.25, -0.2) is 4.39 Å². The largest absolute Gasteiger partial charge is 0.390 e. The van der Waals surface area contributed by atoms with Gasteiger partial charge in [0.05, 0.1) is 10.6 Å². The lowest BCUT2D eigenvalue weighted by Gasteiger charge is -2.07. The average molecular weight is 201 g/mol. The first-order chi connectivity index (χ1) is 6.09. The smallest absolute Gasteiger partial charge is 0.142 e. The van der Waals surface area contributed by atoms with Gasteiger partial charge in [0.25, 0.3) is 0 Å². The number of halogens is 2. The highest BCUT2D eigenvalue weighted by molar-refractivity contribution is 6.30. The summed E-state index contributed by atoms with van der Waals surface area (Å²) in [6.07, 6.45) is 2.16. The normalized spacial score (nSPS) is 18.7. The second kappa shape index (κ2) is 2.96. The van der Waals surface area contributed by atoms with Crippen molar-refractivity contribution in [3.8, 4) is 0 Å². The molecule has 2 rings (SSSR count). The van der Waals surface area contributed by atoms with Crippen molar-refractivity contribution < 1.29 is 9.50 Å². The molecule has 0 unspecified atom stereocenters. The van der Waals surface area contributed by atoms with E-state index in [-0.39, 0.29) is 5.02 Å². The van der Waals surface area contributed by atoms with E-state index >= 15 is 0 Å². The Bertz CT molecular complexity index is 334. The van der Waals surface area contributed by atoms with Crippen LogP contribution in [0.25, 0.3) is 0 Å². The molecule has 1 aliphatic rings. The van der Waals surface area contributed by atoms with Crippen molar-refractivity contribution in [1.29, 1.82) is 0 Å². The summed E-state index contributed by atoms with van der Waals surface area (Å²) in [6, 6.07) is 4.66. The van der Waals surface area contributed by atoms with E-state index in [1.54, 1.807) is 6.07 Å². The Morgan fingerprint density at radius 3 is 2.69 bits per heavy atom. The second-order valence-electron chi connectivity index (χ2n) is 3.65. The fourth-order valence-corrected chi connectivity index (χ4v) is 1.47. The molecule has 1 nitrogen and oxygen atoms in total. The van der Waals surface area contributed by atoms with Crippen molar-refractivity contribution in [3.63, 3.8) is 0 Å². The van der Waals surface area contributed by atoms with E-state index < -0.39 is 11.4 Å². The number of aliphatic hydroxyl groups is 1. The second-order valence-corrected chi connectivity index (χ2v) is 4.06. The van der Waals surface area contributed by atoms with Crippen molar-refractivity contribution in [2.45, 2.75) is 24.9 Å². The summed E-state index contributed by atoms with van der Waals surface area (Å²) in [7, 11) is 0. The Morgan fingerprint density at radius 1 is 1.46 bits per heavy atom. The maximum absolute atomic E-state index is 13.0. The van der Waals surface area contributed by atoms with Crippen LogP contribution in [-0.4, -0.2) is 10.7 Å². The van der Waals surface area contributed by atoms with E-state index in [9.17, 15) is 9.50 Å². The minimum atomic E-state index is -0.569. The molecular formula is C10H10ClFO. The molecule has 1 fully saturated rings. The quantitative estimate of drug-likeness (QED) is 0.778. The van der Waals surface area contributed by atoms with Crippen molar-refractivity contribution in [2.75, 3.05) is 0 Å². The maximum atomic E-state index is 13.0. The van der Waals surface area contributed by atoms with Gasteiger partial charge >= 0.3 is 0 Å². The molecule has 0 spiro atoms. The van der Waals surface area contributed by atoms with Crippen molar-refractivity contribution in [3.05, 3.63) is 34.6 Å². The zero-order valence-corrected chi connectivity index (χ0v) is 7.81. The van der Waals surface area contributed by atoms with E-state index in [4.69, 9.17) is 11.6 Å². The minimum Gasteiger partial charge on any atom is -0.390 e. The van der Waals surface area contributed by atoms with E-state index in [1.807, 2.05) is 0 Å². The van der Waals surface area contributed by atoms with Crippen molar-refractivity contribution >= 4 is 11.6 Å². The summed E-state index contributed by atoms with van der Waals surface area (Å²) in [5.41, 5.74) is 0.238. The fraction of sp³-hybridized carbons (Fsp3) is 0.400. The molecule has 1 saturated carbocycles. The van der Waals surface area contributed by atoms with Gasteiger partial charge in [-0.15, -0.1) is 0 Å². The lowest BCUT2D eigenvalue weighted by atomic mass is 10.1. The lowest BCUT2D eigenvalue weighted by Crippen LogP contribution is -2.10. The topological polar surface area (TPSA) is 20.2 Å². The van der Waals surface area contributed by atoms with E-state index in [0.29, 0.717) is 6.42 Å². The third-order valence-electron chi connectivity index (χ3n) is 2.34. The Labute approximate surface area is 81.1 Å². The van der Waals surface area contributed by atoms with Gasteiger partial charge in [-0.2, -0.15) is 0 Å². The lowest BCUT2D eigenvalue weighted by molar-refractivity contribution is 0.151. The van der Waals surface area contributed by atoms with Gasteiger partial charge < -0.3 is 5.11 Å². The molecule has 0 radical (unpaired) electrons. The Kier molecular flexibility index (Phi) is 2.05. The Hall–Kier alpha value is -0.600. The molecule has 0 saturated heterocycles. The van der Waals surface area contributed by atoms with E-state index in [2.05, 4.69) is 0 Å². The molecule has 0 aromatic heterocycles. The van der Waals surface area contributed by atoms with Crippen molar-refractivity contribution in [2.24, 2.45) is 0 Å². The summed E-state index contributed by atoms with van der Waals surface area (Å²) in [5.74, 6) is -0.414. The molecule has 0 heterocycles. The molecule has 1 aliphatic carbocycles. The zero-order valence-electron chi connectivity index (χ0n) is 7.06. The molecule has 0 aliphatic heterocycles. The Morgan fingerprint density at radius 2 is 2.15 bits per heavy atom. The summed E-state index contributed by atoms with van der Waals surface area (Å²) in [5, 5.41) is 9.72. The monoisotopic (exact) mass is 200 g/mol. The summed E-state index contributed by atoms with van der Waals surface area (Å²) in [6.45, 7) is 0. The van der Waals surface area contributed by atoms with Gasteiger partial charge in [0.2, 0.25) is 0 Å². The molecular weight excluding hydrogens is 191 g/mol. The van der Waals surface area contributed by atoms with Gasteiger partial charge in [-0.1, -0.05) is 17.7 Å². The van der Waals surface area contributed by atoms with Gasteiger partial charge in [-0.3, -0.25) is 0 Å². The zero-order chi connectivity index (χ0) is 9.47. The highest BCUT2D eigenvalue weighted by atomic mass is 35.5. The summed E-state index contributed by atoms with van der Waals surface area (Å²) < 4.78 is 13.0. The summed E-state index contributed by atoms with van der Waals surface area (Å²) >= 11 is 5.53. The van der Waals surface area contributed by atoms with E-state index in [1.165, 1.54) is 12.1 Å². The van der Waals surface area contributed by atoms with Crippen LogP contribution in [0, 0.1) is 5.82 Å². The number of hydrogen-bond acceptors (Lipinski definition) is 1. The van der Waals surface area contributed by atoms with Crippen LogP contribution < -0.4 is 0 Å². The number of hydrogen-bond donors (Lipinski definition) is 1. The molecule has 1 N–H and O–H groups in total. The molecule has 0 amide bonds. The SMILES string of the molecule is OC1(Cc2ccc(Cl)c(F)c2)CC1. The van der Waals surface area contributed by atoms with Crippen LogP contribution in [0.2, 0.25) is 5.02 Å². The predicted octanol–water partition coefficient (Wildman–Crippen LogP) is 2.55. The van der Waals surface area contributed by atoms with Gasteiger partial charge in [0.15, 0.2) is 0 Å². The van der Waals surface area contributed by atoms with Gasteiger partial charge in [-0.05, 0) is 30.5 Å². The van der Waals surface area contributed by atoms with Crippen LogP contribution >= 0.6 is 11.6 Å². The maximum Gasteiger partial charge on any atom is 0.142 e. The molecule has 3 heteroatoms. The predicted molar refractivity (Wildman–Crippen MR) is 49.3 cm³/mol. The third kappa shape index (κ3) is 2.01. The number of rotatable bonds is 2. The molecule has 1 aromatic carbocycles. The van der Waals surface area contributed by atoms with Crippen LogP contribution in [-0.2, 0) is 6.42 Å². The fourth-order valence-electron chi connectivity index (χ4n) is 1.35. The first-order valence-corrected chi connectivity index (χ1v) is 4.63.